The fourth-order valence-corrected chi connectivity index (χ4v) is 4.30. The first-order chi connectivity index (χ1) is 13.8. The van der Waals surface area contributed by atoms with E-state index in [1.807, 2.05) is 85.1 Å². The van der Waals surface area contributed by atoms with E-state index in [0.717, 1.165) is 31.7 Å². The zero-order valence-electron chi connectivity index (χ0n) is 14.9. The van der Waals surface area contributed by atoms with Crippen molar-refractivity contribution in [2.45, 2.75) is 0 Å². The third kappa shape index (κ3) is 2.94. The van der Waals surface area contributed by atoms with Gasteiger partial charge in [0.25, 0.3) is 0 Å². The summed E-state index contributed by atoms with van der Waals surface area (Å²) in [6, 6.07) is 25.4. The highest BCUT2D eigenvalue weighted by Gasteiger charge is 2.19. The van der Waals surface area contributed by atoms with Crippen LogP contribution in [0.3, 0.4) is 0 Å². The number of rotatable bonds is 4. The van der Waals surface area contributed by atoms with E-state index in [1.54, 1.807) is 11.3 Å². The lowest BCUT2D eigenvalue weighted by Gasteiger charge is -2.04. The van der Waals surface area contributed by atoms with Crippen LogP contribution in [-0.2, 0) is 0 Å². The average Bonchev–Trinajstić information content (AvgIpc) is 3.36. The Kier molecular flexibility index (Phi) is 4.11. The Labute approximate surface area is 166 Å². The number of Topliss-reactive ketones (excluding diaryl/α,β-unsaturated/α-hetero) is 1. The van der Waals surface area contributed by atoms with Gasteiger partial charge in [0.1, 0.15) is 5.01 Å². The van der Waals surface area contributed by atoms with E-state index in [-0.39, 0.29) is 5.78 Å². The molecule has 134 valence electrons. The predicted octanol–water partition coefficient (Wildman–Crippen LogP) is 6.20. The Hall–Kier alpha value is -3.50. The van der Waals surface area contributed by atoms with E-state index in [1.165, 1.54) is 0 Å². The summed E-state index contributed by atoms with van der Waals surface area (Å²) in [6.07, 6.45) is 3.89. The number of fused-ring (bicyclic) bond motifs is 2. The summed E-state index contributed by atoms with van der Waals surface area (Å²) in [4.78, 5) is 21.4. The third-order valence-corrected chi connectivity index (χ3v) is 5.80. The predicted molar refractivity (Wildman–Crippen MR) is 117 cm³/mol. The molecule has 0 bridgehead atoms. The monoisotopic (exact) mass is 380 g/mol. The molecule has 5 rings (SSSR count). The van der Waals surface area contributed by atoms with Crippen LogP contribution in [0.2, 0.25) is 0 Å². The summed E-state index contributed by atoms with van der Waals surface area (Å²) in [7, 11) is 0. The standard InChI is InChI=1S/C24H16N2OS/c27-23(16-8-2-1-3-9-16)19(24-26-21-12-6-7-13-22(21)28-24)14-17-15-25-20-11-5-4-10-18(17)20/h1-15,25H/b19-14+. The number of aromatic nitrogens is 2. The Morgan fingerprint density at radius 2 is 1.64 bits per heavy atom. The van der Waals surface area contributed by atoms with Gasteiger partial charge in [0.05, 0.1) is 15.8 Å². The molecule has 4 heteroatoms. The molecular weight excluding hydrogens is 364 g/mol. The second-order valence-corrected chi connectivity index (χ2v) is 7.56. The number of carbonyl (C=O) groups is 1. The van der Waals surface area contributed by atoms with Crippen LogP contribution >= 0.6 is 11.3 Å². The Balaban J connectivity index is 1.71. The highest BCUT2D eigenvalue weighted by atomic mass is 32.1. The van der Waals surface area contributed by atoms with Crippen molar-refractivity contribution < 1.29 is 4.79 Å². The smallest absolute Gasteiger partial charge is 0.196 e. The maximum atomic E-state index is 13.4. The van der Waals surface area contributed by atoms with Gasteiger partial charge in [-0.25, -0.2) is 4.98 Å². The van der Waals surface area contributed by atoms with Gasteiger partial charge in [-0.15, -0.1) is 11.3 Å². The SMILES string of the molecule is O=C(/C(=C\c1c[nH]c2ccccc12)c1nc2ccccc2s1)c1ccccc1. The molecule has 0 aliphatic rings. The third-order valence-electron chi connectivity index (χ3n) is 4.73. The molecule has 3 nitrogen and oxygen atoms in total. The minimum absolute atomic E-state index is 0.0232. The molecule has 0 fully saturated rings. The van der Waals surface area contributed by atoms with Gasteiger partial charge in [-0.3, -0.25) is 4.79 Å². The zero-order valence-corrected chi connectivity index (χ0v) is 15.7. The molecule has 0 aliphatic heterocycles. The van der Waals surface area contributed by atoms with Gasteiger partial charge in [0.15, 0.2) is 5.78 Å². The number of hydrogen-bond acceptors (Lipinski definition) is 3. The minimum atomic E-state index is -0.0232. The average molecular weight is 380 g/mol. The first-order valence-corrected chi connectivity index (χ1v) is 9.85. The molecule has 2 heterocycles. The zero-order chi connectivity index (χ0) is 18.9. The molecule has 2 aromatic heterocycles. The van der Waals surface area contributed by atoms with Gasteiger partial charge in [-0.05, 0) is 24.3 Å². The van der Waals surface area contributed by atoms with Crippen molar-refractivity contribution in [3.8, 4) is 0 Å². The second-order valence-electron chi connectivity index (χ2n) is 6.53. The largest absolute Gasteiger partial charge is 0.361 e. The summed E-state index contributed by atoms with van der Waals surface area (Å²) < 4.78 is 1.07. The van der Waals surface area contributed by atoms with Crippen LogP contribution in [0.4, 0.5) is 0 Å². The maximum absolute atomic E-state index is 13.4. The molecule has 0 amide bonds. The van der Waals surface area contributed by atoms with Crippen LogP contribution in [0.15, 0.2) is 85.1 Å². The molecule has 0 saturated carbocycles. The number of nitrogens with one attached hydrogen (secondary N) is 1. The van der Waals surface area contributed by atoms with Crippen LogP contribution in [0.25, 0.3) is 32.8 Å². The molecule has 0 atom stereocenters. The number of aromatic amines is 1. The van der Waals surface area contributed by atoms with Crippen LogP contribution < -0.4 is 0 Å². The molecule has 0 spiro atoms. The summed E-state index contributed by atoms with van der Waals surface area (Å²) in [6.45, 7) is 0. The second kappa shape index (κ2) is 6.91. The van der Waals surface area contributed by atoms with Crippen LogP contribution in [0.5, 0.6) is 0 Å². The summed E-state index contributed by atoms with van der Waals surface area (Å²) in [5.74, 6) is -0.0232. The van der Waals surface area contributed by atoms with E-state index in [4.69, 9.17) is 4.98 Å². The summed E-state index contributed by atoms with van der Waals surface area (Å²) in [5, 5.41) is 1.82. The molecular formula is C24H16N2OS. The lowest BCUT2D eigenvalue weighted by atomic mass is 10.0. The van der Waals surface area contributed by atoms with Gasteiger partial charge < -0.3 is 4.98 Å². The van der Waals surface area contributed by atoms with E-state index in [9.17, 15) is 4.79 Å². The highest BCUT2D eigenvalue weighted by molar-refractivity contribution is 7.20. The first kappa shape index (κ1) is 16.7. The van der Waals surface area contributed by atoms with Crippen LogP contribution in [0, 0.1) is 0 Å². The molecule has 1 N–H and O–H groups in total. The number of nitrogens with zero attached hydrogens (tertiary/aromatic N) is 1. The van der Waals surface area contributed by atoms with E-state index < -0.39 is 0 Å². The van der Waals surface area contributed by atoms with Crippen molar-refractivity contribution in [1.29, 1.82) is 0 Å². The highest BCUT2D eigenvalue weighted by Crippen LogP contribution is 2.32. The molecule has 3 aromatic carbocycles. The van der Waals surface area contributed by atoms with Crippen molar-refractivity contribution in [2.75, 3.05) is 0 Å². The number of para-hydroxylation sites is 2. The summed E-state index contributed by atoms with van der Waals surface area (Å²) in [5.41, 5.74) is 4.21. The van der Waals surface area contributed by atoms with E-state index in [0.29, 0.717) is 11.1 Å². The van der Waals surface area contributed by atoms with Gasteiger partial charge in [-0.1, -0.05) is 60.7 Å². The maximum Gasteiger partial charge on any atom is 0.196 e. The minimum Gasteiger partial charge on any atom is -0.361 e. The topological polar surface area (TPSA) is 45.8 Å². The lowest BCUT2D eigenvalue weighted by Crippen LogP contribution is -2.02. The van der Waals surface area contributed by atoms with E-state index in [2.05, 4.69) is 11.1 Å². The normalized spacial score (nSPS) is 11.9. The number of benzene rings is 3. The van der Waals surface area contributed by atoms with Crippen molar-refractivity contribution in [3.05, 3.63) is 101 Å². The Morgan fingerprint density at radius 3 is 2.50 bits per heavy atom. The van der Waals surface area contributed by atoms with Crippen molar-refractivity contribution in [1.82, 2.24) is 9.97 Å². The number of H-pyrrole nitrogens is 1. The van der Waals surface area contributed by atoms with Gasteiger partial charge in [0, 0.05) is 28.2 Å². The first-order valence-electron chi connectivity index (χ1n) is 9.03. The van der Waals surface area contributed by atoms with Crippen molar-refractivity contribution in [3.63, 3.8) is 0 Å². The number of ketones is 1. The fourth-order valence-electron chi connectivity index (χ4n) is 3.33. The molecule has 5 aromatic rings. The fraction of sp³-hybridized carbons (Fsp3) is 0. The number of carbonyl (C=O) groups excluding carboxylic acids is 1. The van der Waals surface area contributed by atoms with Crippen LogP contribution in [0.1, 0.15) is 20.9 Å². The lowest BCUT2D eigenvalue weighted by molar-refractivity contribution is 0.105. The molecule has 0 aliphatic carbocycles. The molecule has 0 saturated heterocycles. The molecule has 0 radical (unpaired) electrons. The number of allylic oxidation sites excluding steroid dienone is 1. The van der Waals surface area contributed by atoms with E-state index >= 15 is 0 Å². The van der Waals surface area contributed by atoms with Gasteiger partial charge >= 0.3 is 0 Å². The van der Waals surface area contributed by atoms with Crippen LogP contribution in [-0.4, -0.2) is 15.8 Å². The van der Waals surface area contributed by atoms with Gasteiger partial charge in [-0.2, -0.15) is 0 Å². The summed E-state index contributed by atoms with van der Waals surface area (Å²) >= 11 is 1.55. The molecule has 0 unspecified atom stereocenters. The quantitative estimate of drug-likeness (QED) is 0.298. The van der Waals surface area contributed by atoms with Gasteiger partial charge in [0.2, 0.25) is 0 Å². The Morgan fingerprint density at radius 1 is 0.893 bits per heavy atom. The number of thiazole rings is 1. The number of hydrogen-bond donors (Lipinski definition) is 1. The Bertz CT molecular complexity index is 1300. The van der Waals surface area contributed by atoms with Crippen molar-refractivity contribution in [2.24, 2.45) is 0 Å². The molecule has 28 heavy (non-hydrogen) atoms. The van der Waals surface area contributed by atoms with Crippen molar-refractivity contribution >= 4 is 49.9 Å².